The smallest absolute Gasteiger partial charge is 0.307 e. The largest absolute Gasteiger partial charge is 0.463 e. The highest BCUT2D eigenvalue weighted by Crippen LogP contribution is 1.91. The van der Waals surface area contributed by atoms with E-state index in [-0.39, 0.29) is 32.8 Å². The lowest BCUT2D eigenvalue weighted by Gasteiger charge is -2.07. The summed E-state index contributed by atoms with van der Waals surface area (Å²) in [5.41, 5.74) is 10.1. The number of aliphatic hydroxyl groups is 1. The number of esters is 1. The third-order valence-corrected chi connectivity index (χ3v) is 1.48. The van der Waals surface area contributed by atoms with Gasteiger partial charge in [-0.05, 0) is 0 Å². The maximum absolute atomic E-state index is 11.0. The van der Waals surface area contributed by atoms with Gasteiger partial charge < -0.3 is 26.0 Å². The molecule has 88 valence electrons. The number of carbonyl (C=O) groups excluding carboxylic acids is 2. The molecule has 15 heavy (non-hydrogen) atoms. The first kappa shape index (κ1) is 13.8. The average Bonchev–Trinajstić information content (AvgIpc) is 2.17. The number of carbonyl (C=O) groups is 2. The van der Waals surface area contributed by atoms with Gasteiger partial charge in [-0.2, -0.15) is 0 Å². The van der Waals surface area contributed by atoms with Gasteiger partial charge in [-0.15, -0.1) is 0 Å². The highest BCUT2D eigenvalue weighted by molar-refractivity contribution is 5.85. The summed E-state index contributed by atoms with van der Waals surface area (Å²) in [7, 11) is 0. The Morgan fingerprint density at radius 3 is 2.47 bits per heavy atom. The molecule has 7 nitrogen and oxygen atoms in total. The third kappa shape index (κ3) is 7.86. The van der Waals surface area contributed by atoms with Crippen LogP contribution in [0.3, 0.4) is 0 Å². The quantitative estimate of drug-likeness (QED) is 0.313. The molecule has 0 aromatic heterocycles. The molecule has 0 aliphatic heterocycles. The number of primary amides is 1. The average molecular weight is 220 g/mol. The lowest BCUT2D eigenvalue weighted by atomic mass is 10.2. The summed E-state index contributed by atoms with van der Waals surface area (Å²) in [6.07, 6.45) is -0.241. The van der Waals surface area contributed by atoms with Gasteiger partial charge in [-0.25, -0.2) is 0 Å². The van der Waals surface area contributed by atoms with E-state index in [1.54, 1.807) is 0 Å². The number of amides is 1. The van der Waals surface area contributed by atoms with Crippen LogP contribution in [0.4, 0.5) is 0 Å². The van der Waals surface area contributed by atoms with E-state index in [1.807, 2.05) is 0 Å². The first-order valence-electron chi connectivity index (χ1n) is 4.47. The van der Waals surface area contributed by atoms with E-state index in [0.717, 1.165) is 0 Å². The van der Waals surface area contributed by atoms with Crippen LogP contribution in [-0.4, -0.2) is 49.5 Å². The molecule has 0 radical (unpaired) electrons. The molecule has 0 aromatic carbocycles. The summed E-state index contributed by atoms with van der Waals surface area (Å²) in [4.78, 5) is 21.5. The summed E-state index contributed by atoms with van der Waals surface area (Å²) in [5.74, 6) is -1.35. The van der Waals surface area contributed by atoms with E-state index in [9.17, 15) is 9.59 Å². The maximum Gasteiger partial charge on any atom is 0.307 e. The Balaban J connectivity index is 3.45. The fourth-order valence-electron chi connectivity index (χ4n) is 0.720. The van der Waals surface area contributed by atoms with Crippen molar-refractivity contribution in [2.24, 2.45) is 11.5 Å². The van der Waals surface area contributed by atoms with Crippen molar-refractivity contribution in [3.63, 3.8) is 0 Å². The van der Waals surface area contributed by atoms with Crippen molar-refractivity contribution in [3.8, 4) is 0 Å². The maximum atomic E-state index is 11.0. The number of rotatable bonds is 8. The number of hydrogen-bond donors (Lipinski definition) is 3. The predicted molar refractivity (Wildman–Crippen MR) is 50.7 cm³/mol. The molecule has 0 aliphatic carbocycles. The summed E-state index contributed by atoms with van der Waals surface area (Å²) < 4.78 is 9.51. The van der Waals surface area contributed by atoms with E-state index >= 15 is 0 Å². The monoisotopic (exact) mass is 220 g/mol. The highest BCUT2D eigenvalue weighted by atomic mass is 16.6. The second-order valence-electron chi connectivity index (χ2n) is 2.77. The molecule has 0 fully saturated rings. The third-order valence-electron chi connectivity index (χ3n) is 1.48. The molecular weight excluding hydrogens is 204 g/mol. The SMILES string of the molecule is NC(=O)[C@@H](N)CC(=O)OCCOCCO. The standard InChI is InChI=1S/C8H16N2O5/c9-6(8(10)13)5-7(12)15-4-3-14-2-1-11/h6,11H,1-5,9H2,(H2,10,13)/t6-/m0/s1. The first-order valence-corrected chi connectivity index (χ1v) is 4.47. The molecule has 0 heterocycles. The lowest BCUT2D eigenvalue weighted by Crippen LogP contribution is -2.38. The minimum Gasteiger partial charge on any atom is -0.463 e. The second-order valence-corrected chi connectivity index (χ2v) is 2.77. The fraction of sp³-hybridized carbons (Fsp3) is 0.750. The lowest BCUT2D eigenvalue weighted by molar-refractivity contribution is -0.146. The molecule has 1 atom stereocenters. The summed E-state index contributed by atoms with van der Waals surface area (Å²) in [5, 5.41) is 8.35. The highest BCUT2D eigenvalue weighted by Gasteiger charge is 2.15. The van der Waals surface area contributed by atoms with Gasteiger partial charge in [0, 0.05) is 0 Å². The van der Waals surface area contributed by atoms with Gasteiger partial charge in [0.1, 0.15) is 6.61 Å². The van der Waals surface area contributed by atoms with Crippen LogP contribution in [-0.2, 0) is 19.1 Å². The molecule has 5 N–H and O–H groups in total. The van der Waals surface area contributed by atoms with Crippen LogP contribution in [0, 0.1) is 0 Å². The van der Waals surface area contributed by atoms with Crippen molar-refractivity contribution in [1.82, 2.24) is 0 Å². The van der Waals surface area contributed by atoms with Gasteiger partial charge in [0.2, 0.25) is 5.91 Å². The second kappa shape index (κ2) is 8.16. The number of ether oxygens (including phenoxy) is 2. The van der Waals surface area contributed by atoms with Crippen molar-refractivity contribution in [2.45, 2.75) is 12.5 Å². The van der Waals surface area contributed by atoms with Gasteiger partial charge >= 0.3 is 5.97 Å². The minimum atomic E-state index is -1.02. The first-order chi connectivity index (χ1) is 7.07. The van der Waals surface area contributed by atoms with Crippen LogP contribution < -0.4 is 11.5 Å². The van der Waals surface area contributed by atoms with Gasteiger partial charge in [-0.3, -0.25) is 9.59 Å². The van der Waals surface area contributed by atoms with Crippen LogP contribution in [0.25, 0.3) is 0 Å². The van der Waals surface area contributed by atoms with E-state index in [4.69, 9.17) is 21.3 Å². The summed E-state index contributed by atoms with van der Waals surface area (Å²) >= 11 is 0. The molecule has 0 bridgehead atoms. The van der Waals surface area contributed by atoms with Crippen molar-refractivity contribution < 1.29 is 24.2 Å². The van der Waals surface area contributed by atoms with E-state index in [0.29, 0.717) is 0 Å². The van der Waals surface area contributed by atoms with Crippen molar-refractivity contribution >= 4 is 11.9 Å². The Morgan fingerprint density at radius 2 is 1.93 bits per heavy atom. The Morgan fingerprint density at radius 1 is 1.27 bits per heavy atom. The Hall–Kier alpha value is -1.18. The molecule has 7 heteroatoms. The Bertz CT molecular complexity index is 209. The summed E-state index contributed by atoms with van der Waals surface area (Å²) in [6.45, 7) is 0.362. The zero-order valence-corrected chi connectivity index (χ0v) is 8.35. The van der Waals surface area contributed by atoms with Crippen molar-refractivity contribution in [2.75, 3.05) is 26.4 Å². The molecule has 0 unspecified atom stereocenters. The molecule has 1 amide bonds. The Kier molecular flexibility index (Phi) is 7.51. The topological polar surface area (TPSA) is 125 Å². The zero-order chi connectivity index (χ0) is 11.7. The van der Waals surface area contributed by atoms with Gasteiger partial charge in [0.05, 0.1) is 32.3 Å². The van der Waals surface area contributed by atoms with E-state index in [1.165, 1.54) is 0 Å². The molecule has 0 spiro atoms. The van der Waals surface area contributed by atoms with Crippen LogP contribution in [0.1, 0.15) is 6.42 Å². The fourth-order valence-corrected chi connectivity index (χ4v) is 0.720. The van der Waals surface area contributed by atoms with Crippen molar-refractivity contribution in [1.29, 1.82) is 0 Å². The molecule has 0 aromatic rings. The summed E-state index contributed by atoms with van der Waals surface area (Å²) in [6, 6.07) is -1.02. The Labute approximate surface area is 87.3 Å². The molecule has 0 rings (SSSR count). The van der Waals surface area contributed by atoms with Crippen LogP contribution in [0.5, 0.6) is 0 Å². The minimum absolute atomic E-state index is 0.0598. The molecular formula is C8H16N2O5. The van der Waals surface area contributed by atoms with E-state index < -0.39 is 17.9 Å². The zero-order valence-electron chi connectivity index (χ0n) is 8.35. The van der Waals surface area contributed by atoms with Gasteiger partial charge in [0.15, 0.2) is 0 Å². The number of nitrogens with two attached hydrogens (primary N) is 2. The van der Waals surface area contributed by atoms with E-state index in [2.05, 4.69) is 4.74 Å². The normalized spacial score (nSPS) is 12.1. The van der Waals surface area contributed by atoms with Crippen LogP contribution >= 0.6 is 0 Å². The van der Waals surface area contributed by atoms with Gasteiger partial charge in [-0.1, -0.05) is 0 Å². The molecule has 0 aliphatic rings. The van der Waals surface area contributed by atoms with Gasteiger partial charge in [0.25, 0.3) is 0 Å². The predicted octanol–water partition coefficient (Wildman–Crippen LogP) is -2.26. The number of hydrogen-bond acceptors (Lipinski definition) is 6. The molecule has 0 saturated heterocycles. The van der Waals surface area contributed by atoms with Crippen LogP contribution in [0.15, 0.2) is 0 Å². The van der Waals surface area contributed by atoms with Crippen LogP contribution in [0.2, 0.25) is 0 Å². The van der Waals surface area contributed by atoms with Crippen molar-refractivity contribution in [3.05, 3.63) is 0 Å². The molecule has 0 saturated carbocycles. The number of aliphatic hydroxyl groups excluding tert-OH is 1.